The fourth-order valence-electron chi connectivity index (χ4n) is 2.84. The molecule has 0 radical (unpaired) electrons. The maximum Gasteiger partial charge on any atom is -1.00 e. The van der Waals surface area contributed by atoms with E-state index >= 15 is 0 Å². The number of halogens is 2. The van der Waals surface area contributed by atoms with Gasteiger partial charge >= 0.3 is 120 Å². The Balaban J connectivity index is 0.00000180. The van der Waals surface area contributed by atoms with E-state index in [0.29, 0.717) is 11.8 Å². The van der Waals surface area contributed by atoms with Gasteiger partial charge in [0.25, 0.3) is 0 Å². The summed E-state index contributed by atoms with van der Waals surface area (Å²) in [6.45, 7) is 4.84. The number of amides is 1. The summed E-state index contributed by atoms with van der Waals surface area (Å²) >= 11 is -1.95. The smallest absolute Gasteiger partial charge is 1.00 e. The summed E-state index contributed by atoms with van der Waals surface area (Å²) in [5.41, 5.74) is 0. The van der Waals surface area contributed by atoms with E-state index in [-0.39, 0.29) is 24.8 Å². The molecule has 2 rings (SSSR count). The van der Waals surface area contributed by atoms with Crippen molar-refractivity contribution in [1.82, 2.24) is 3.30 Å². The van der Waals surface area contributed by atoms with Crippen LogP contribution in [0.2, 0.25) is 13.1 Å². The van der Waals surface area contributed by atoms with Crippen molar-refractivity contribution in [3.8, 4) is 0 Å². The molecule has 0 spiro atoms. The second kappa shape index (κ2) is 10.4. The molecule has 0 aromatic rings. The van der Waals surface area contributed by atoms with E-state index in [1.165, 1.54) is 19.3 Å². The Morgan fingerprint density at radius 3 is 2.40 bits per heavy atom. The minimum absolute atomic E-state index is 0. The van der Waals surface area contributed by atoms with Gasteiger partial charge in [0, 0.05) is 0 Å². The fraction of sp³-hybridized carbons (Fsp3) is 0.643. The minimum atomic E-state index is -1.95. The van der Waals surface area contributed by atoms with E-state index in [1.54, 1.807) is 3.33 Å². The molecule has 0 atom stereocenters. The Morgan fingerprint density at radius 2 is 1.90 bits per heavy atom. The first-order valence-electron chi connectivity index (χ1n) is 7.22. The van der Waals surface area contributed by atoms with E-state index < -0.39 is 26.9 Å². The Labute approximate surface area is 144 Å². The first-order chi connectivity index (χ1) is 8.68. The third-order valence-corrected chi connectivity index (χ3v) is 27.4. The maximum atomic E-state index is 12.4. The normalized spacial score (nSPS) is 18.1. The van der Waals surface area contributed by atoms with Gasteiger partial charge in [-0.15, -0.1) is 0 Å². The molecule has 1 saturated carbocycles. The molecule has 0 saturated heterocycles. The van der Waals surface area contributed by atoms with Crippen LogP contribution in [0, 0.1) is 5.92 Å². The first-order valence-corrected chi connectivity index (χ1v) is 19.9. The number of allylic oxidation sites excluding steroid dienone is 4. The van der Waals surface area contributed by atoms with Crippen LogP contribution in [-0.4, -0.2) is 11.9 Å². The third-order valence-electron chi connectivity index (χ3n) is 3.93. The number of hydrogen-bond acceptors (Lipinski definition) is 1. The molecule has 1 fully saturated rings. The van der Waals surface area contributed by atoms with Gasteiger partial charge < -0.3 is 24.8 Å². The van der Waals surface area contributed by atoms with Gasteiger partial charge in [-0.1, -0.05) is 0 Å². The van der Waals surface area contributed by atoms with Crippen molar-refractivity contribution in [3.63, 3.8) is 0 Å². The molecule has 2 nitrogen and oxygen atoms in total. The largest absolute Gasteiger partial charge is 1.00 e. The topological polar surface area (TPSA) is 29.1 Å². The van der Waals surface area contributed by atoms with E-state index in [1.807, 2.05) is 0 Å². The molecule has 0 aliphatic heterocycles. The average molecular weight is 500 g/mol. The molecule has 6 heteroatoms. The van der Waals surface area contributed by atoms with Crippen molar-refractivity contribution in [3.05, 3.63) is 21.6 Å². The molecule has 0 aromatic carbocycles. The molecule has 2 aliphatic carbocycles. The second-order valence-corrected chi connectivity index (χ2v) is 31.4. The Kier molecular flexibility index (Phi) is 10.7. The van der Waals surface area contributed by atoms with Gasteiger partial charge in [-0.3, -0.25) is 0 Å². The summed E-state index contributed by atoms with van der Waals surface area (Å²) in [7, 11) is 0. The standard InChI is InChI=1S/C7H13NO.C5H5.C2H7Si.2ClH.Hf/c8-7(9)6-4-2-1-3-5-6;1-2-4-5-3-1;1-3-2;;;/h6H,1-5H2,(H2,8,9);1-3H,4H2;3H,1-2H3;2*1H;/q;;;;;+3/p-3. The van der Waals surface area contributed by atoms with Crippen molar-refractivity contribution in [2.45, 2.75) is 51.6 Å². The Bertz CT molecular complexity index is 368. The third kappa shape index (κ3) is 5.78. The SMILES string of the molecule is C[SiH](C)[Hf+2]([NH]C(=O)C1CCCCC1)[C]1=CC=CC1.[Cl-].[Cl-]. The number of carbonyl (C=O) groups is 1. The Hall–Kier alpha value is 0.617. The Morgan fingerprint density at radius 1 is 1.25 bits per heavy atom. The fourth-order valence-corrected chi connectivity index (χ4v) is 22.4. The maximum absolute atomic E-state index is 12.4. The zero-order chi connectivity index (χ0) is 13.0. The van der Waals surface area contributed by atoms with Crippen LogP contribution in [0.3, 0.4) is 0 Å². The van der Waals surface area contributed by atoms with Crippen LogP contribution in [0.25, 0.3) is 0 Å². The van der Waals surface area contributed by atoms with Crippen LogP contribution >= 0.6 is 0 Å². The van der Waals surface area contributed by atoms with Gasteiger partial charge in [0.1, 0.15) is 0 Å². The van der Waals surface area contributed by atoms with Gasteiger partial charge in [0.2, 0.25) is 0 Å². The predicted molar refractivity (Wildman–Crippen MR) is 75.4 cm³/mol. The molecule has 20 heavy (non-hydrogen) atoms. The average Bonchev–Trinajstić information content (AvgIpc) is 2.90. The monoisotopic (exact) mass is 500 g/mol. The quantitative estimate of drug-likeness (QED) is 0.412. The van der Waals surface area contributed by atoms with Gasteiger partial charge in [0.05, 0.1) is 0 Å². The molecule has 2 aliphatic rings. The summed E-state index contributed by atoms with van der Waals surface area (Å²) in [4.78, 5) is 12.4. The van der Waals surface area contributed by atoms with Crippen molar-refractivity contribution in [2.24, 2.45) is 5.92 Å². The number of carbonyl (C=O) groups excluding carboxylic acids is 1. The van der Waals surface area contributed by atoms with E-state index in [4.69, 9.17) is 0 Å². The molecule has 0 bridgehead atoms. The second-order valence-electron chi connectivity index (χ2n) is 5.72. The first kappa shape index (κ1) is 20.6. The van der Waals surface area contributed by atoms with Crippen molar-refractivity contribution < 1.29 is 50.5 Å². The van der Waals surface area contributed by atoms with Gasteiger partial charge in [-0.2, -0.15) is 0 Å². The molecule has 0 aromatic heterocycles. The molecular formula is C14H24Cl2HfNOSi. The van der Waals surface area contributed by atoms with E-state index in [2.05, 4.69) is 34.6 Å². The van der Waals surface area contributed by atoms with Crippen LogP contribution in [0.15, 0.2) is 21.6 Å². The summed E-state index contributed by atoms with van der Waals surface area (Å²) in [6, 6.07) is 0. The summed E-state index contributed by atoms with van der Waals surface area (Å²) < 4.78 is 5.19. The van der Waals surface area contributed by atoms with Crippen LogP contribution in [0.5, 0.6) is 0 Å². The molecule has 1 N–H and O–H groups in total. The van der Waals surface area contributed by atoms with E-state index in [9.17, 15) is 4.79 Å². The molecular weight excluding hydrogens is 476 g/mol. The van der Waals surface area contributed by atoms with Crippen molar-refractivity contribution in [2.75, 3.05) is 0 Å². The van der Waals surface area contributed by atoms with Gasteiger partial charge in [0.15, 0.2) is 0 Å². The zero-order valence-corrected chi connectivity index (χ0v) is 18.6. The number of nitrogens with one attached hydrogen (secondary N) is 1. The van der Waals surface area contributed by atoms with Crippen LogP contribution in [-0.2, 0) is 25.7 Å². The zero-order valence-electron chi connectivity index (χ0n) is 12.3. The van der Waals surface area contributed by atoms with Crippen LogP contribution in [0.4, 0.5) is 0 Å². The van der Waals surface area contributed by atoms with Gasteiger partial charge in [-0.25, -0.2) is 0 Å². The predicted octanol–water partition coefficient (Wildman–Crippen LogP) is -2.95. The number of rotatable bonds is 4. The van der Waals surface area contributed by atoms with Crippen molar-refractivity contribution >= 4 is 11.9 Å². The van der Waals surface area contributed by atoms with Crippen LogP contribution < -0.4 is 28.1 Å². The molecule has 0 unspecified atom stereocenters. The molecule has 113 valence electrons. The summed E-state index contributed by atoms with van der Waals surface area (Å²) in [5, 5.41) is 0. The molecule has 1 amide bonds. The van der Waals surface area contributed by atoms with Crippen molar-refractivity contribution in [1.29, 1.82) is 0 Å². The van der Waals surface area contributed by atoms with Crippen LogP contribution in [0.1, 0.15) is 38.5 Å². The summed E-state index contributed by atoms with van der Waals surface area (Å²) in [6.07, 6.45) is 13.9. The number of hydrogen-bond donors (Lipinski definition) is 1. The van der Waals surface area contributed by atoms with Gasteiger partial charge in [-0.05, 0) is 0 Å². The molecule has 0 heterocycles. The van der Waals surface area contributed by atoms with E-state index in [0.717, 1.165) is 19.3 Å². The summed E-state index contributed by atoms with van der Waals surface area (Å²) in [5.74, 6) is 0.0667. The minimum Gasteiger partial charge on any atom is -1.00 e.